The Morgan fingerprint density at radius 3 is 1.26 bits per heavy atom. The molecule has 0 spiro atoms. The molecule has 5 nitrogen and oxygen atoms in total. The van der Waals surface area contributed by atoms with Gasteiger partial charge in [0, 0.05) is 22.3 Å². The van der Waals surface area contributed by atoms with Gasteiger partial charge in [-0.1, -0.05) is 152 Å². The SMILES string of the molecule is c1ccc(-c2nc(-c3ccccc3)nc(-c3cccc(-c4cccc(-c5cccc(-c6cccc7c6Oc6cc8ccccc8cc6O7)c5)c4)c3)n2)cc1. The minimum atomic E-state index is 0.626. The van der Waals surface area contributed by atoms with Crippen LogP contribution in [0.1, 0.15) is 0 Å². The molecule has 1 aromatic heterocycles. The third-order valence-electron chi connectivity index (χ3n) is 9.75. The zero-order valence-corrected chi connectivity index (χ0v) is 29.1. The molecule has 5 heteroatoms. The Morgan fingerprint density at radius 2 is 0.685 bits per heavy atom. The number of ether oxygens (including phenoxy) is 2. The van der Waals surface area contributed by atoms with Crippen LogP contribution in [-0.2, 0) is 0 Å². The third kappa shape index (κ3) is 5.94. The summed E-state index contributed by atoms with van der Waals surface area (Å²) >= 11 is 0. The van der Waals surface area contributed by atoms with E-state index in [4.69, 9.17) is 24.4 Å². The second-order valence-electron chi connectivity index (χ2n) is 13.3. The summed E-state index contributed by atoms with van der Waals surface area (Å²) in [6.07, 6.45) is 0. The van der Waals surface area contributed by atoms with Crippen LogP contribution in [0, 0.1) is 0 Å². The van der Waals surface area contributed by atoms with Gasteiger partial charge in [-0.25, -0.2) is 15.0 Å². The fourth-order valence-corrected chi connectivity index (χ4v) is 7.04. The first-order valence-electron chi connectivity index (χ1n) is 17.9. The summed E-state index contributed by atoms with van der Waals surface area (Å²) in [5.41, 5.74) is 9.20. The molecule has 0 atom stereocenters. The van der Waals surface area contributed by atoms with Crippen molar-refractivity contribution in [2.24, 2.45) is 0 Å². The smallest absolute Gasteiger partial charge is 0.177 e. The van der Waals surface area contributed by atoms with Gasteiger partial charge in [0.2, 0.25) is 0 Å². The predicted octanol–water partition coefficient (Wildman–Crippen LogP) is 12.9. The van der Waals surface area contributed by atoms with E-state index in [0.717, 1.165) is 66.6 Å². The summed E-state index contributed by atoms with van der Waals surface area (Å²) in [6.45, 7) is 0. The van der Waals surface area contributed by atoms with E-state index in [2.05, 4.69) is 91.0 Å². The normalized spacial score (nSPS) is 11.6. The van der Waals surface area contributed by atoms with E-state index in [1.807, 2.05) is 97.1 Å². The first-order chi connectivity index (χ1) is 26.7. The molecule has 54 heavy (non-hydrogen) atoms. The van der Waals surface area contributed by atoms with Gasteiger partial charge < -0.3 is 9.47 Å². The highest BCUT2D eigenvalue weighted by Gasteiger charge is 2.23. The molecule has 8 aromatic carbocycles. The fraction of sp³-hybridized carbons (Fsp3) is 0. The van der Waals surface area contributed by atoms with Crippen LogP contribution >= 0.6 is 0 Å². The maximum Gasteiger partial charge on any atom is 0.177 e. The van der Waals surface area contributed by atoms with E-state index in [1.165, 1.54) is 0 Å². The summed E-state index contributed by atoms with van der Waals surface area (Å²) in [5.74, 6) is 4.75. The van der Waals surface area contributed by atoms with Gasteiger partial charge in [-0.05, 0) is 75.0 Å². The van der Waals surface area contributed by atoms with Crippen molar-refractivity contribution in [3.8, 4) is 90.5 Å². The molecule has 0 N–H and O–H groups in total. The maximum absolute atomic E-state index is 6.57. The van der Waals surface area contributed by atoms with Gasteiger partial charge in [0.1, 0.15) is 0 Å². The molecule has 0 amide bonds. The Morgan fingerprint density at radius 1 is 0.278 bits per heavy atom. The van der Waals surface area contributed by atoms with E-state index < -0.39 is 0 Å². The van der Waals surface area contributed by atoms with Gasteiger partial charge in [0.05, 0.1) is 0 Å². The topological polar surface area (TPSA) is 57.1 Å². The van der Waals surface area contributed by atoms with Crippen molar-refractivity contribution in [3.05, 3.63) is 188 Å². The van der Waals surface area contributed by atoms with Gasteiger partial charge in [-0.3, -0.25) is 0 Å². The van der Waals surface area contributed by atoms with Crippen molar-refractivity contribution in [2.45, 2.75) is 0 Å². The molecule has 1 aliphatic heterocycles. The lowest BCUT2D eigenvalue weighted by Crippen LogP contribution is -2.00. The van der Waals surface area contributed by atoms with E-state index in [0.29, 0.717) is 34.7 Å². The summed E-state index contributed by atoms with van der Waals surface area (Å²) in [7, 11) is 0. The van der Waals surface area contributed by atoms with Crippen molar-refractivity contribution >= 4 is 10.8 Å². The number of hydrogen-bond acceptors (Lipinski definition) is 5. The molecule has 1 aliphatic rings. The van der Waals surface area contributed by atoms with Gasteiger partial charge in [-0.2, -0.15) is 0 Å². The Kier molecular flexibility index (Phi) is 7.73. The van der Waals surface area contributed by atoms with E-state index in [1.54, 1.807) is 0 Å². The van der Waals surface area contributed by atoms with Gasteiger partial charge in [0.15, 0.2) is 40.5 Å². The Balaban J connectivity index is 0.987. The first kappa shape index (κ1) is 31.4. The molecule has 254 valence electrons. The van der Waals surface area contributed by atoms with Crippen molar-refractivity contribution in [3.63, 3.8) is 0 Å². The summed E-state index contributed by atoms with van der Waals surface area (Å²) in [6, 6.07) is 64.1. The van der Waals surface area contributed by atoms with E-state index in [9.17, 15) is 0 Å². The Bertz CT molecular complexity index is 2780. The average molecular weight is 694 g/mol. The van der Waals surface area contributed by atoms with Crippen LogP contribution in [0.2, 0.25) is 0 Å². The molecule has 0 radical (unpaired) electrons. The van der Waals surface area contributed by atoms with Crippen LogP contribution in [0.5, 0.6) is 23.0 Å². The molecule has 9 aromatic rings. The second kappa shape index (κ2) is 13.3. The van der Waals surface area contributed by atoms with Crippen LogP contribution in [0.3, 0.4) is 0 Å². The van der Waals surface area contributed by atoms with Crippen LogP contribution in [0.25, 0.3) is 78.3 Å². The molecule has 0 saturated heterocycles. The number of fused-ring (bicyclic) bond motifs is 3. The van der Waals surface area contributed by atoms with Gasteiger partial charge >= 0.3 is 0 Å². The molecule has 0 unspecified atom stereocenters. The van der Waals surface area contributed by atoms with E-state index in [-0.39, 0.29) is 0 Å². The molecule has 0 bridgehead atoms. The fourth-order valence-electron chi connectivity index (χ4n) is 7.04. The molecular weight excluding hydrogens is 663 g/mol. The molecule has 2 heterocycles. The quantitative estimate of drug-likeness (QED) is 0.173. The Hall–Kier alpha value is -7.37. The van der Waals surface area contributed by atoms with Gasteiger partial charge in [-0.15, -0.1) is 0 Å². The zero-order valence-electron chi connectivity index (χ0n) is 29.1. The van der Waals surface area contributed by atoms with Crippen molar-refractivity contribution in [1.82, 2.24) is 15.0 Å². The van der Waals surface area contributed by atoms with Crippen molar-refractivity contribution in [1.29, 1.82) is 0 Å². The second-order valence-corrected chi connectivity index (χ2v) is 13.3. The largest absolute Gasteiger partial charge is 0.449 e. The lowest BCUT2D eigenvalue weighted by molar-refractivity contribution is 0.361. The monoisotopic (exact) mass is 693 g/mol. The third-order valence-corrected chi connectivity index (χ3v) is 9.75. The highest BCUT2D eigenvalue weighted by Crippen LogP contribution is 2.51. The van der Waals surface area contributed by atoms with Crippen LogP contribution in [-0.4, -0.2) is 15.0 Å². The van der Waals surface area contributed by atoms with Crippen molar-refractivity contribution < 1.29 is 9.47 Å². The number of aromatic nitrogens is 3. The highest BCUT2D eigenvalue weighted by atomic mass is 16.6. The van der Waals surface area contributed by atoms with E-state index >= 15 is 0 Å². The minimum Gasteiger partial charge on any atom is -0.449 e. The summed E-state index contributed by atoms with van der Waals surface area (Å²) in [4.78, 5) is 14.8. The molecule has 0 saturated carbocycles. The molecule has 10 rings (SSSR count). The summed E-state index contributed by atoms with van der Waals surface area (Å²) < 4.78 is 13.0. The highest BCUT2D eigenvalue weighted by molar-refractivity contribution is 5.88. The lowest BCUT2D eigenvalue weighted by atomic mass is 9.95. The number of rotatable bonds is 6. The Labute approximate surface area is 312 Å². The zero-order chi connectivity index (χ0) is 35.8. The standard InChI is InChI=1S/C49H31N3O2/c1-3-13-32(14-4-1)47-50-48(33-15-5-2-6-16-33)52-49(51-47)41-24-11-22-37(29-41)35-20-9-19-34(27-35)36-21-10-23-40(28-36)42-25-12-26-43-46(42)54-45-31-39-18-8-7-17-38(39)30-44(45)53-43/h1-31H. The molecular formula is C49H31N3O2. The maximum atomic E-state index is 6.57. The van der Waals surface area contributed by atoms with Crippen molar-refractivity contribution in [2.75, 3.05) is 0 Å². The van der Waals surface area contributed by atoms with Gasteiger partial charge in [0.25, 0.3) is 0 Å². The van der Waals surface area contributed by atoms with Crippen LogP contribution in [0.4, 0.5) is 0 Å². The molecule has 0 fully saturated rings. The number of para-hydroxylation sites is 1. The minimum absolute atomic E-state index is 0.626. The molecule has 0 aliphatic carbocycles. The van der Waals surface area contributed by atoms with Crippen LogP contribution in [0.15, 0.2) is 188 Å². The van der Waals surface area contributed by atoms with Crippen LogP contribution < -0.4 is 9.47 Å². The average Bonchev–Trinajstić information content (AvgIpc) is 3.25. The predicted molar refractivity (Wildman–Crippen MR) is 217 cm³/mol. The first-order valence-corrected chi connectivity index (χ1v) is 17.9. The number of hydrogen-bond donors (Lipinski definition) is 0. The number of benzene rings is 8. The summed E-state index contributed by atoms with van der Waals surface area (Å²) in [5, 5.41) is 2.22. The number of nitrogens with zero attached hydrogens (tertiary/aromatic N) is 3. The lowest BCUT2D eigenvalue weighted by Gasteiger charge is -2.23.